The zero-order chi connectivity index (χ0) is 14.4. The second-order valence-electron chi connectivity index (χ2n) is 3.69. The SMILES string of the molecule is CCOC(=O)C(O)c1cc(OC)c(OC)cc1CF. The minimum absolute atomic E-state index is 0.110. The summed E-state index contributed by atoms with van der Waals surface area (Å²) >= 11 is 0. The molecule has 0 heterocycles. The van der Waals surface area contributed by atoms with Crippen molar-refractivity contribution in [2.75, 3.05) is 20.8 Å². The van der Waals surface area contributed by atoms with Crippen LogP contribution in [0, 0.1) is 0 Å². The highest BCUT2D eigenvalue weighted by molar-refractivity contribution is 5.77. The number of hydrogen-bond acceptors (Lipinski definition) is 5. The maximum atomic E-state index is 13.0. The van der Waals surface area contributed by atoms with E-state index in [1.165, 1.54) is 26.4 Å². The van der Waals surface area contributed by atoms with Gasteiger partial charge in [0.2, 0.25) is 0 Å². The maximum Gasteiger partial charge on any atom is 0.339 e. The van der Waals surface area contributed by atoms with Crippen LogP contribution in [0.4, 0.5) is 4.39 Å². The van der Waals surface area contributed by atoms with Gasteiger partial charge in [-0.05, 0) is 24.6 Å². The van der Waals surface area contributed by atoms with Crippen molar-refractivity contribution >= 4 is 5.97 Å². The number of carbonyl (C=O) groups is 1. The highest BCUT2D eigenvalue weighted by Crippen LogP contribution is 2.34. The van der Waals surface area contributed by atoms with Crippen molar-refractivity contribution in [2.45, 2.75) is 19.7 Å². The van der Waals surface area contributed by atoms with E-state index in [0.29, 0.717) is 11.5 Å². The molecule has 0 spiro atoms. The van der Waals surface area contributed by atoms with Crippen LogP contribution < -0.4 is 9.47 Å². The minimum Gasteiger partial charge on any atom is -0.493 e. The molecule has 0 amide bonds. The fourth-order valence-corrected chi connectivity index (χ4v) is 1.66. The molecule has 19 heavy (non-hydrogen) atoms. The summed E-state index contributed by atoms with van der Waals surface area (Å²) in [4.78, 5) is 11.5. The van der Waals surface area contributed by atoms with Crippen molar-refractivity contribution in [3.63, 3.8) is 0 Å². The molecule has 1 aromatic rings. The summed E-state index contributed by atoms with van der Waals surface area (Å²) in [5.74, 6) is -0.197. The van der Waals surface area contributed by atoms with Crippen LogP contribution in [0.15, 0.2) is 12.1 Å². The predicted molar refractivity (Wildman–Crippen MR) is 66.0 cm³/mol. The second-order valence-corrected chi connectivity index (χ2v) is 3.69. The Morgan fingerprint density at radius 1 is 1.32 bits per heavy atom. The van der Waals surface area contributed by atoms with E-state index in [4.69, 9.17) is 14.2 Å². The summed E-state index contributed by atoms with van der Waals surface area (Å²) in [5.41, 5.74) is 0.261. The van der Waals surface area contributed by atoms with Crippen LogP contribution in [0.5, 0.6) is 11.5 Å². The lowest BCUT2D eigenvalue weighted by molar-refractivity contribution is -0.153. The fraction of sp³-hybridized carbons (Fsp3) is 0.462. The summed E-state index contributed by atoms with van der Waals surface area (Å²) in [7, 11) is 2.83. The topological polar surface area (TPSA) is 65.0 Å². The van der Waals surface area contributed by atoms with Crippen molar-refractivity contribution < 1.29 is 28.5 Å². The molecular weight excluding hydrogens is 255 g/mol. The molecule has 0 saturated heterocycles. The predicted octanol–water partition coefficient (Wildman–Crippen LogP) is 1.77. The number of aliphatic hydroxyl groups is 1. The van der Waals surface area contributed by atoms with E-state index in [0.717, 1.165) is 0 Å². The first kappa shape index (κ1) is 15.2. The Morgan fingerprint density at radius 2 is 1.89 bits per heavy atom. The highest BCUT2D eigenvalue weighted by atomic mass is 19.1. The Hall–Kier alpha value is -1.82. The molecule has 1 N–H and O–H groups in total. The molecule has 5 nitrogen and oxygen atoms in total. The zero-order valence-electron chi connectivity index (χ0n) is 11.1. The maximum absolute atomic E-state index is 13.0. The number of esters is 1. The Labute approximate surface area is 110 Å². The average molecular weight is 272 g/mol. The standard InChI is InChI=1S/C13H17FO5/c1-4-19-13(16)12(15)9-6-11(18-3)10(17-2)5-8(9)7-14/h5-6,12,15H,4,7H2,1-3H3. The van der Waals surface area contributed by atoms with Crippen molar-refractivity contribution in [3.05, 3.63) is 23.3 Å². The van der Waals surface area contributed by atoms with Crippen molar-refractivity contribution in [1.29, 1.82) is 0 Å². The van der Waals surface area contributed by atoms with E-state index < -0.39 is 18.7 Å². The lowest BCUT2D eigenvalue weighted by Crippen LogP contribution is -2.17. The molecular formula is C13H17FO5. The number of aliphatic hydroxyl groups excluding tert-OH is 1. The molecule has 0 bridgehead atoms. The summed E-state index contributed by atoms with van der Waals surface area (Å²) in [6.07, 6.45) is -1.55. The molecule has 1 unspecified atom stereocenters. The fourth-order valence-electron chi connectivity index (χ4n) is 1.66. The van der Waals surface area contributed by atoms with E-state index in [1.54, 1.807) is 6.92 Å². The number of benzene rings is 1. The van der Waals surface area contributed by atoms with Gasteiger partial charge in [0.25, 0.3) is 0 Å². The van der Waals surface area contributed by atoms with E-state index in [-0.39, 0.29) is 17.7 Å². The Morgan fingerprint density at radius 3 is 2.37 bits per heavy atom. The van der Waals surface area contributed by atoms with Gasteiger partial charge in [-0.15, -0.1) is 0 Å². The third kappa shape index (κ3) is 3.35. The Balaban J connectivity index is 3.21. The average Bonchev–Trinajstić information content (AvgIpc) is 2.45. The first-order valence-corrected chi connectivity index (χ1v) is 5.74. The summed E-state index contributed by atoms with van der Waals surface area (Å²) in [6, 6.07) is 2.76. The number of ether oxygens (including phenoxy) is 3. The summed E-state index contributed by atoms with van der Waals surface area (Å²) in [6.45, 7) is 0.912. The molecule has 6 heteroatoms. The third-order valence-electron chi connectivity index (χ3n) is 2.59. The van der Waals surface area contributed by atoms with Gasteiger partial charge < -0.3 is 19.3 Å². The summed E-state index contributed by atoms with van der Waals surface area (Å²) in [5, 5.41) is 9.88. The van der Waals surface area contributed by atoms with Crippen LogP contribution in [0.25, 0.3) is 0 Å². The van der Waals surface area contributed by atoms with E-state index in [2.05, 4.69) is 0 Å². The molecule has 1 atom stereocenters. The minimum atomic E-state index is -1.55. The first-order chi connectivity index (χ1) is 9.08. The van der Waals surface area contributed by atoms with Gasteiger partial charge in [-0.1, -0.05) is 0 Å². The van der Waals surface area contributed by atoms with Crippen LogP contribution in [-0.2, 0) is 16.2 Å². The molecule has 0 aliphatic carbocycles. The van der Waals surface area contributed by atoms with E-state index in [9.17, 15) is 14.3 Å². The van der Waals surface area contributed by atoms with Crippen molar-refractivity contribution in [3.8, 4) is 11.5 Å². The normalized spacial score (nSPS) is 11.8. The number of methoxy groups -OCH3 is 2. The van der Waals surface area contributed by atoms with Gasteiger partial charge in [0.05, 0.1) is 20.8 Å². The summed E-state index contributed by atoms with van der Waals surface area (Å²) < 4.78 is 27.8. The first-order valence-electron chi connectivity index (χ1n) is 5.74. The lowest BCUT2D eigenvalue weighted by Gasteiger charge is -2.16. The van der Waals surface area contributed by atoms with Crippen LogP contribution >= 0.6 is 0 Å². The molecule has 0 aromatic heterocycles. The number of carbonyl (C=O) groups excluding carboxylic acids is 1. The molecule has 1 rings (SSSR count). The molecule has 0 aliphatic rings. The van der Waals surface area contributed by atoms with Gasteiger partial charge >= 0.3 is 5.97 Å². The second kappa shape index (κ2) is 6.94. The van der Waals surface area contributed by atoms with E-state index in [1.807, 2.05) is 0 Å². The number of halogens is 1. The molecule has 0 aliphatic heterocycles. The van der Waals surface area contributed by atoms with Gasteiger partial charge in [0, 0.05) is 5.56 Å². The largest absolute Gasteiger partial charge is 0.493 e. The zero-order valence-corrected chi connectivity index (χ0v) is 11.1. The van der Waals surface area contributed by atoms with Crippen molar-refractivity contribution in [2.24, 2.45) is 0 Å². The van der Waals surface area contributed by atoms with Crippen LogP contribution in [0.1, 0.15) is 24.2 Å². The number of rotatable bonds is 6. The van der Waals surface area contributed by atoms with Crippen LogP contribution in [0.2, 0.25) is 0 Å². The van der Waals surface area contributed by atoms with Gasteiger partial charge in [-0.25, -0.2) is 9.18 Å². The van der Waals surface area contributed by atoms with Gasteiger partial charge in [0.15, 0.2) is 17.6 Å². The molecule has 0 fully saturated rings. The molecule has 106 valence electrons. The van der Waals surface area contributed by atoms with Gasteiger partial charge in [0.1, 0.15) is 6.67 Å². The monoisotopic (exact) mass is 272 g/mol. The lowest BCUT2D eigenvalue weighted by atomic mass is 10.0. The molecule has 0 radical (unpaired) electrons. The van der Waals surface area contributed by atoms with Crippen LogP contribution in [0.3, 0.4) is 0 Å². The number of hydrogen-bond donors (Lipinski definition) is 1. The van der Waals surface area contributed by atoms with Gasteiger partial charge in [-0.2, -0.15) is 0 Å². The highest BCUT2D eigenvalue weighted by Gasteiger charge is 2.24. The van der Waals surface area contributed by atoms with Crippen LogP contribution in [-0.4, -0.2) is 31.9 Å². The smallest absolute Gasteiger partial charge is 0.339 e. The number of alkyl halides is 1. The Bertz CT molecular complexity index is 447. The van der Waals surface area contributed by atoms with E-state index >= 15 is 0 Å². The quantitative estimate of drug-likeness (QED) is 0.799. The van der Waals surface area contributed by atoms with Gasteiger partial charge in [-0.3, -0.25) is 0 Å². The molecule has 1 aromatic carbocycles. The Kier molecular flexibility index (Phi) is 5.57. The molecule has 0 saturated carbocycles. The third-order valence-corrected chi connectivity index (χ3v) is 2.59. The van der Waals surface area contributed by atoms with Crippen molar-refractivity contribution in [1.82, 2.24) is 0 Å².